The quantitative estimate of drug-likeness (QED) is 0.450. The molecule has 7 heteroatoms. The first-order chi connectivity index (χ1) is 17.1. The summed E-state index contributed by atoms with van der Waals surface area (Å²) in [4.78, 5) is 20.8. The predicted octanol–water partition coefficient (Wildman–Crippen LogP) is 4.45. The lowest BCUT2D eigenvalue weighted by atomic mass is 10.0. The number of nitrogens with zero attached hydrogens (tertiary/aromatic N) is 2. The normalized spacial score (nSPS) is 17.6. The number of nitrogens with one attached hydrogen (secondary N) is 3. The molecule has 0 unspecified atom stereocenters. The summed E-state index contributed by atoms with van der Waals surface area (Å²) in [5.41, 5.74) is 4.27. The van der Waals surface area contributed by atoms with Gasteiger partial charge in [-0.15, -0.1) is 0 Å². The largest absolute Gasteiger partial charge is 0.490 e. The standard InChI is InChI=1S/C28H37N5O2/c1-32-12-14-33(15-13-32)11-10-29-28(34)31-23-17-21(18-25(19-23)35-24-6-2-3-7-24)16-22-20-30-27-9-5-4-8-26(22)27/h4-5,8-9,17-20,24,30H,2-3,6-7,10-16H2,1H3,(H2,29,31,34). The van der Waals surface area contributed by atoms with Crippen molar-refractivity contribution in [2.24, 2.45) is 0 Å². The number of ether oxygens (including phenoxy) is 1. The fraction of sp³-hybridized carbons (Fsp3) is 0.464. The van der Waals surface area contributed by atoms with Crippen molar-refractivity contribution < 1.29 is 9.53 Å². The maximum Gasteiger partial charge on any atom is 0.319 e. The van der Waals surface area contributed by atoms with Crippen molar-refractivity contribution in [3.8, 4) is 5.75 Å². The van der Waals surface area contributed by atoms with Crippen molar-refractivity contribution in [3.05, 3.63) is 59.8 Å². The second kappa shape index (κ2) is 11.1. The molecule has 2 amide bonds. The van der Waals surface area contributed by atoms with Crippen LogP contribution in [0.5, 0.6) is 5.75 Å². The summed E-state index contributed by atoms with van der Waals surface area (Å²) in [7, 11) is 2.15. The number of hydrogen-bond acceptors (Lipinski definition) is 4. The Kier molecular flexibility index (Phi) is 7.54. The number of amides is 2. The van der Waals surface area contributed by atoms with E-state index in [0.717, 1.165) is 74.5 Å². The molecule has 1 aliphatic heterocycles. The lowest BCUT2D eigenvalue weighted by Gasteiger charge is -2.32. The molecular weight excluding hydrogens is 438 g/mol. The highest BCUT2D eigenvalue weighted by Gasteiger charge is 2.18. The fourth-order valence-electron chi connectivity index (χ4n) is 5.17. The molecule has 1 saturated heterocycles. The van der Waals surface area contributed by atoms with Crippen LogP contribution in [0.15, 0.2) is 48.7 Å². The predicted molar refractivity (Wildman–Crippen MR) is 141 cm³/mol. The van der Waals surface area contributed by atoms with Crippen LogP contribution in [0.1, 0.15) is 36.8 Å². The Bertz CT molecular complexity index is 1130. The molecule has 2 aliphatic rings. The van der Waals surface area contributed by atoms with Gasteiger partial charge in [0.2, 0.25) is 0 Å². The number of benzene rings is 2. The minimum absolute atomic E-state index is 0.171. The van der Waals surface area contributed by atoms with Crippen LogP contribution >= 0.6 is 0 Å². The highest BCUT2D eigenvalue weighted by atomic mass is 16.5. The third-order valence-electron chi connectivity index (χ3n) is 7.21. The number of carbonyl (C=O) groups is 1. The minimum atomic E-state index is -0.171. The van der Waals surface area contributed by atoms with Gasteiger partial charge in [0.05, 0.1) is 6.10 Å². The average Bonchev–Trinajstić information content (AvgIpc) is 3.50. The number of H-pyrrole nitrogens is 1. The van der Waals surface area contributed by atoms with Gasteiger partial charge in [-0.1, -0.05) is 18.2 Å². The molecule has 1 aliphatic carbocycles. The Morgan fingerprint density at radius 1 is 1.09 bits per heavy atom. The molecule has 1 saturated carbocycles. The van der Waals surface area contributed by atoms with Crippen LogP contribution in [-0.2, 0) is 6.42 Å². The first-order valence-corrected chi connectivity index (χ1v) is 12.9. The molecular formula is C28H37N5O2. The van der Waals surface area contributed by atoms with Crippen molar-refractivity contribution in [2.45, 2.75) is 38.2 Å². The number of aromatic amines is 1. The van der Waals surface area contributed by atoms with Gasteiger partial charge in [-0.3, -0.25) is 4.90 Å². The number of fused-ring (bicyclic) bond motifs is 1. The van der Waals surface area contributed by atoms with Crippen LogP contribution in [0.4, 0.5) is 10.5 Å². The van der Waals surface area contributed by atoms with E-state index >= 15 is 0 Å². The lowest BCUT2D eigenvalue weighted by molar-refractivity contribution is 0.155. The Hall–Kier alpha value is -3.03. The summed E-state index contributed by atoms with van der Waals surface area (Å²) < 4.78 is 6.32. The molecule has 0 radical (unpaired) electrons. The van der Waals surface area contributed by atoms with Crippen molar-refractivity contribution in [2.75, 3.05) is 51.6 Å². The second-order valence-corrected chi connectivity index (χ2v) is 9.95. The van der Waals surface area contributed by atoms with Crippen molar-refractivity contribution >= 4 is 22.6 Å². The lowest BCUT2D eigenvalue weighted by Crippen LogP contribution is -2.47. The summed E-state index contributed by atoms with van der Waals surface area (Å²) >= 11 is 0. The van der Waals surface area contributed by atoms with Gasteiger partial charge in [0, 0.05) is 68.1 Å². The van der Waals surface area contributed by atoms with E-state index in [1.54, 1.807) is 0 Å². The van der Waals surface area contributed by atoms with Gasteiger partial charge in [-0.05, 0) is 68.5 Å². The molecule has 0 atom stereocenters. The smallest absolute Gasteiger partial charge is 0.319 e. The summed E-state index contributed by atoms with van der Waals surface area (Å²) in [6.45, 7) is 5.78. The van der Waals surface area contributed by atoms with Crippen LogP contribution in [0, 0.1) is 0 Å². The van der Waals surface area contributed by atoms with Crippen molar-refractivity contribution in [1.29, 1.82) is 0 Å². The van der Waals surface area contributed by atoms with E-state index in [9.17, 15) is 4.79 Å². The molecule has 2 fully saturated rings. The zero-order valence-corrected chi connectivity index (χ0v) is 20.7. The van der Waals surface area contributed by atoms with E-state index in [0.29, 0.717) is 6.54 Å². The molecule has 2 heterocycles. The molecule has 2 aromatic carbocycles. The van der Waals surface area contributed by atoms with Gasteiger partial charge in [0.15, 0.2) is 0 Å². The molecule has 1 aromatic heterocycles. The third kappa shape index (κ3) is 6.35. The number of rotatable bonds is 8. The first kappa shape index (κ1) is 23.7. The number of hydrogen-bond donors (Lipinski definition) is 3. The summed E-state index contributed by atoms with van der Waals surface area (Å²) in [6.07, 6.45) is 7.76. The monoisotopic (exact) mass is 475 g/mol. The van der Waals surface area contributed by atoms with Gasteiger partial charge in [0.25, 0.3) is 0 Å². The Morgan fingerprint density at radius 3 is 2.71 bits per heavy atom. The summed E-state index contributed by atoms with van der Waals surface area (Å²) in [5.74, 6) is 0.835. The third-order valence-corrected chi connectivity index (χ3v) is 7.21. The molecule has 5 rings (SSSR count). The SMILES string of the molecule is CN1CCN(CCNC(=O)Nc2cc(Cc3c[nH]c4ccccc34)cc(OC3CCCC3)c2)CC1. The van der Waals surface area contributed by atoms with E-state index in [1.165, 1.54) is 23.8 Å². The van der Waals surface area contributed by atoms with E-state index in [1.807, 2.05) is 12.1 Å². The Morgan fingerprint density at radius 2 is 1.89 bits per heavy atom. The summed E-state index contributed by atoms with van der Waals surface area (Å²) in [5, 5.41) is 7.29. The number of carbonyl (C=O) groups excluding carboxylic acids is 1. The molecule has 7 nitrogen and oxygen atoms in total. The minimum Gasteiger partial charge on any atom is -0.490 e. The Labute approximate surface area is 207 Å². The average molecular weight is 476 g/mol. The topological polar surface area (TPSA) is 72.6 Å². The molecule has 0 spiro atoms. The zero-order valence-electron chi connectivity index (χ0n) is 20.7. The second-order valence-electron chi connectivity index (χ2n) is 9.95. The maximum absolute atomic E-state index is 12.7. The van der Waals surface area contributed by atoms with Gasteiger partial charge in [-0.2, -0.15) is 0 Å². The fourth-order valence-corrected chi connectivity index (χ4v) is 5.17. The van der Waals surface area contributed by atoms with Crippen molar-refractivity contribution in [1.82, 2.24) is 20.1 Å². The maximum atomic E-state index is 12.7. The van der Waals surface area contributed by atoms with Crippen molar-refractivity contribution in [3.63, 3.8) is 0 Å². The van der Waals surface area contributed by atoms with Crippen LogP contribution in [-0.4, -0.2) is 73.2 Å². The van der Waals surface area contributed by atoms with E-state index in [4.69, 9.17) is 4.74 Å². The van der Waals surface area contributed by atoms with Crippen LogP contribution in [0.25, 0.3) is 10.9 Å². The number of para-hydroxylation sites is 1. The molecule has 35 heavy (non-hydrogen) atoms. The van der Waals surface area contributed by atoms with Gasteiger partial charge in [0.1, 0.15) is 5.75 Å². The van der Waals surface area contributed by atoms with E-state index < -0.39 is 0 Å². The number of anilines is 1. The molecule has 186 valence electrons. The highest BCUT2D eigenvalue weighted by molar-refractivity contribution is 5.89. The van der Waals surface area contributed by atoms with Crippen LogP contribution in [0.3, 0.4) is 0 Å². The molecule has 3 N–H and O–H groups in total. The van der Waals surface area contributed by atoms with Gasteiger partial charge in [-0.25, -0.2) is 4.79 Å². The highest BCUT2D eigenvalue weighted by Crippen LogP contribution is 2.29. The first-order valence-electron chi connectivity index (χ1n) is 12.9. The van der Waals surface area contributed by atoms with E-state index in [-0.39, 0.29) is 12.1 Å². The molecule has 0 bridgehead atoms. The number of likely N-dealkylation sites (N-methyl/N-ethyl adjacent to an activating group) is 1. The van der Waals surface area contributed by atoms with Gasteiger partial charge < -0.3 is 25.3 Å². The molecule has 3 aromatic rings. The van der Waals surface area contributed by atoms with Gasteiger partial charge >= 0.3 is 6.03 Å². The number of aromatic nitrogens is 1. The van der Waals surface area contributed by atoms with E-state index in [2.05, 4.69) is 69.0 Å². The van der Waals surface area contributed by atoms with Crippen LogP contribution in [0.2, 0.25) is 0 Å². The van der Waals surface area contributed by atoms with Crippen LogP contribution < -0.4 is 15.4 Å². The number of piperazine rings is 1. The zero-order chi connectivity index (χ0) is 24.0. The summed E-state index contributed by atoms with van der Waals surface area (Å²) in [6, 6.07) is 14.3. The Balaban J connectivity index is 1.25. The number of urea groups is 1.